The Kier molecular flexibility index (Phi) is 5.25. The van der Waals surface area contributed by atoms with Crippen LogP contribution in [0.15, 0.2) is 22.7 Å². The van der Waals surface area contributed by atoms with Gasteiger partial charge in [-0.25, -0.2) is 4.39 Å². The molecule has 1 unspecified atom stereocenters. The summed E-state index contributed by atoms with van der Waals surface area (Å²) in [6.07, 6.45) is 3.56. The first-order valence-corrected chi connectivity index (χ1v) is 8.34. The molecule has 112 valence electrons. The molecule has 1 aromatic carbocycles. The molecule has 0 spiro atoms. The van der Waals surface area contributed by atoms with E-state index in [-0.39, 0.29) is 11.2 Å². The average Bonchev–Trinajstić information content (AvgIpc) is 3.18. The van der Waals surface area contributed by atoms with Gasteiger partial charge < -0.3 is 5.32 Å². The van der Waals surface area contributed by atoms with Crippen molar-refractivity contribution in [1.82, 2.24) is 5.32 Å². The Labute approximate surface area is 130 Å². The predicted molar refractivity (Wildman–Crippen MR) is 86.3 cm³/mol. The van der Waals surface area contributed by atoms with Crippen LogP contribution in [0.25, 0.3) is 0 Å². The number of hydrogen-bond donors (Lipinski definition) is 1. The summed E-state index contributed by atoms with van der Waals surface area (Å²) in [5.41, 5.74) is 1.32. The quantitative estimate of drug-likeness (QED) is 0.751. The zero-order valence-corrected chi connectivity index (χ0v) is 14.3. The molecule has 2 rings (SSSR count). The van der Waals surface area contributed by atoms with Gasteiger partial charge in [0.05, 0.1) is 0 Å². The lowest BCUT2D eigenvalue weighted by molar-refractivity contribution is 0.251. The molecule has 3 heteroatoms. The molecule has 1 atom stereocenters. The van der Waals surface area contributed by atoms with E-state index in [4.69, 9.17) is 0 Å². The van der Waals surface area contributed by atoms with E-state index in [0.29, 0.717) is 5.92 Å². The Morgan fingerprint density at radius 1 is 1.40 bits per heavy atom. The molecule has 1 aromatic rings. The van der Waals surface area contributed by atoms with E-state index in [0.717, 1.165) is 35.5 Å². The van der Waals surface area contributed by atoms with Gasteiger partial charge >= 0.3 is 0 Å². The minimum Gasteiger partial charge on any atom is -0.316 e. The zero-order valence-electron chi connectivity index (χ0n) is 12.7. The first-order chi connectivity index (χ1) is 9.40. The van der Waals surface area contributed by atoms with E-state index in [9.17, 15) is 4.39 Å². The van der Waals surface area contributed by atoms with E-state index in [1.807, 2.05) is 6.07 Å². The first-order valence-electron chi connectivity index (χ1n) is 7.55. The van der Waals surface area contributed by atoms with Gasteiger partial charge in [0.2, 0.25) is 0 Å². The van der Waals surface area contributed by atoms with Crippen LogP contribution in [-0.2, 0) is 6.42 Å². The van der Waals surface area contributed by atoms with Crippen molar-refractivity contribution in [3.8, 4) is 0 Å². The van der Waals surface area contributed by atoms with Crippen molar-refractivity contribution >= 4 is 15.9 Å². The van der Waals surface area contributed by atoms with Crippen molar-refractivity contribution in [3.63, 3.8) is 0 Å². The van der Waals surface area contributed by atoms with Gasteiger partial charge in [-0.15, -0.1) is 0 Å². The maximum Gasteiger partial charge on any atom is 0.123 e. The molecule has 1 aliphatic carbocycles. The van der Waals surface area contributed by atoms with Crippen LogP contribution in [0.5, 0.6) is 0 Å². The zero-order chi connectivity index (χ0) is 14.8. The molecule has 1 nitrogen and oxygen atoms in total. The molecule has 1 fully saturated rings. The van der Waals surface area contributed by atoms with Crippen molar-refractivity contribution in [3.05, 3.63) is 34.1 Å². The summed E-state index contributed by atoms with van der Waals surface area (Å²) >= 11 is 3.56. The Morgan fingerprint density at radius 3 is 2.70 bits per heavy atom. The summed E-state index contributed by atoms with van der Waals surface area (Å²) in [7, 11) is 0. The van der Waals surface area contributed by atoms with E-state index in [1.165, 1.54) is 18.9 Å². The van der Waals surface area contributed by atoms with Crippen molar-refractivity contribution in [2.75, 3.05) is 13.1 Å². The van der Waals surface area contributed by atoms with Crippen LogP contribution in [0.4, 0.5) is 4.39 Å². The minimum atomic E-state index is -0.142. The fourth-order valence-electron chi connectivity index (χ4n) is 2.89. The summed E-state index contributed by atoms with van der Waals surface area (Å²) in [6.45, 7) is 8.86. The van der Waals surface area contributed by atoms with E-state index >= 15 is 0 Å². The number of benzene rings is 1. The molecule has 1 aliphatic rings. The largest absolute Gasteiger partial charge is 0.316 e. The number of halogens is 2. The van der Waals surface area contributed by atoms with Crippen molar-refractivity contribution in [1.29, 1.82) is 0 Å². The van der Waals surface area contributed by atoms with E-state index in [2.05, 4.69) is 42.0 Å². The highest BCUT2D eigenvalue weighted by Crippen LogP contribution is 2.47. The third-order valence-electron chi connectivity index (χ3n) is 4.25. The Hall–Kier alpha value is -0.410. The molecule has 0 saturated heterocycles. The predicted octanol–water partition coefficient (Wildman–Crippen LogP) is 4.79. The molecule has 0 amide bonds. The molecule has 0 bridgehead atoms. The average molecular weight is 342 g/mol. The fraction of sp³-hybridized carbons (Fsp3) is 0.647. The SMILES string of the molecule is CC(C)CNCC(C)(Cc1cc(F)ccc1Br)C1CC1. The van der Waals surface area contributed by atoms with Crippen LogP contribution in [0.2, 0.25) is 0 Å². The summed E-state index contributed by atoms with van der Waals surface area (Å²) in [4.78, 5) is 0. The third kappa shape index (κ3) is 4.29. The lowest BCUT2D eigenvalue weighted by atomic mass is 9.78. The van der Waals surface area contributed by atoms with Crippen LogP contribution in [0.3, 0.4) is 0 Å². The molecule has 0 aromatic heterocycles. The van der Waals surface area contributed by atoms with Crippen LogP contribution in [-0.4, -0.2) is 13.1 Å². The summed E-state index contributed by atoms with van der Waals surface area (Å²) in [6, 6.07) is 5.01. The molecule has 20 heavy (non-hydrogen) atoms. The lowest BCUT2D eigenvalue weighted by Gasteiger charge is -2.31. The molecule has 1 saturated carbocycles. The topological polar surface area (TPSA) is 12.0 Å². The number of nitrogens with one attached hydrogen (secondary N) is 1. The monoisotopic (exact) mass is 341 g/mol. The van der Waals surface area contributed by atoms with Gasteiger partial charge in [-0.05, 0) is 66.8 Å². The highest BCUT2D eigenvalue weighted by atomic mass is 79.9. The Balaban J connectivity index is 2.06. The molecular weight excluding hydrogens is 317 g/mol. The fourth-order valence-corrected chi connectivity index (χ4v) is 3.28. The second-order valence-corrected chi connectivity index (χ2v) is 7.72. The van der Waals surface area contributed by atoms with Crippen LogP contribution >= 0.6 is 15.9 Å². The molecule has 0 heterocycles. The standard InChI is InChI=1S/C17H25BrFN/c1-12(2)10-20-11-17(3,14-4-5-14)9-13-8-15(19)6-7-16(13)18/h6-8,12,14,20H,4-5,9-11H2,1-3H3. The van der Waals surface area contributed by atoms with Crippen molar-refractivity contribution in [2.24, 2.45) is 17.3 Å². The van der Waals surface area contributed by atoms with Crippen LogP contribution < -0.4 is 5.32 Å². The van der Waals surface area contributed by atoms with Gasteiger partial charge in [-0.1, -0.05) is 36.7 Å². The number of hydrogen-bond acceptors (Lipinski definition) is 1. The molecule has 0 radical (unpaired) electrons. The summed E-state index contributed by atoms with van der Waals surface area (Å²) in [5, 5.41) is 3.59. The van der Waals surface area contributed by atoms with Crippen molar-refractivity contribution in [2.45, 2.75) is 40.0 Å². The minimum absolute atomic E-state index is 0.142. The van der Waals surface area contributed by atoms with E-state index in [1.54, 1.807) is 6.07 Å². The molecule has 1 N–H and O–H groups in total. The normalized spacial score (nSPS) is 18.3. The second kappa shape index (κ2) is 6.57. The van der Waals surface area contributed by atoms with Gasteiger partial charge in [0.1, 0.15) is 5.82 Å². The van der Waals surface area contributed by atoms with Crippen LogP contribution in [0.1, 0.15) is 39.2 Å². The maximum absolute atomic E-state index is 13.5. The van der Waals surface area contributed by atoms with Crippen molar-refractivity contribution < 1.29 is 4.39 Å². The van der Waals surface area contributed by atoms with Gasteiger partial charge in [0, 0.05) is 11.0 Å². The highest BCUT2D eigenvalue weighted by molar-refractivity contribution is 9.10. The highest BCUT2D eigenvalue weighted by Gasteiger charge is 2.41. The summed E-state index contributed by atoms with van der Waals surface area (Å²) in [5.74, 6) is 1.30. The van der Waals surface area contributed by atoms with Gasteiger partial charge in [-0.2, -0.15) is 0 Å². The molecular formula is C17H25BrFN. The van der Waals surface area contributed by atoms with Gasteiger partial charge in [0.15, 0.2) is 0 Å². The first kappa shape index (κ1) is 16.0. The smallest absolute Gasteiger partial charge is 0.123 e. The maximum atomic E-state index is 13.5. The second-order valence-electron chi connectivity index (χ2n) is 6.87. The Morgan fingerprint density at radius 2 is 2.10 bits per heavy atom. The molecule has 0 aliphatic heterocycles. The third-order valence-corrected chi connectivity index (χ3v) is 5.02. The van der Waals surface area contributed by atoms with Gasteiger partial charge in [0.25, 0.3) is 0 Å². The summed E-state index contributed by atoms with van der Waals surface area (Å²) < 4.78 is 14.5. The number of rotatable bonds is 7. The Bertz CT molecular complexity index is 456. The van der Waals surface area contributed by atoms with E-state index < -0.39 is 0 Å². The van der Waals surface area contributed by atoms with Crippen LogP contribution in [0, 0.1) is 23.1 Å². The van der Waals surface area contributed by atoms with Gasteiger partial charge in [-0.3, -0.25) is 0 Å². The lowest BCUT2D eigenvalue weighted by Crippen LogP contribution is -2.37.